The molecule has 0 spiro atoms. The first-order valence-electron chi connectivity index (χ1n) is 4.09. The summed E-state index contributed by atoms with van der Waals surface area (Å²) >= 11 is 0. The summed E-state index contributed by atoms with van der Waals surface area (Å²) in [5.74, 6) is -0.00421. The van der Waals surface area contributed by atoms with Crippen LogP contribution in [0.1, 0.15) is 26.7 Å². The van der Waals surface area contributed by atoms with Gasteiger partial charge in [0.25, 0.3) is 0 Å². The van der Waals surface area contributed by atoms with E-state index < -0.39 is 0 Å². The van der Waals surface area contributed by atoms with Crippen molar-refractivity contribution in [3.8, 4) is 0 Å². The van der Waals surface area contributed by atoms with Crippen molar-refractivity contribution < 1.29 is 4.79 Å². The highest BCUT2D eigenvalue weighted by Crippen LogP contribution is 2.16. The average molecular weight is 166 g/mol. The quantitative estimate of drug-likeness (QED) is 0.634. The Balaban J connectivity index is 2.46. The molecule has 0 fully saturated rings. The van der Waals surface area contributed by atoms with Gasteiger partial charge in [0.2, 0.25) is 5.91 Å². The molecule has 1 unspecified atom stereocenters. The van der Waals surface area contributed by atoms with E-state index in [1.54, 1.807) is 0 Å². The van der Waals surface area contributed by atoms with Crippen LogP contribution in [0.15, 0.2) is 17.3 Å². The molecule has 0 aromatic carbocycles. The highest BCUT2D eigenvalue weighted by Gasteiger charge is 2.25. The smallest absolute Gasteiger partial charge is 0.248 e. The third-order valence-corrected chi connectivity index (χ3v) is 2.02. The van der Waals surface area contributed by atoms with Gasteiger partial charge in [-0.15, -0.1) is 6.58 Å². The first-order chi connectivity index (χ1) is 5.61. The van der Waals surface area contributed by atoms with Crippen molar-refractivity contribution in [2.75, 3.05) is 0 Å². The van der Waals surface area contributed by atoms with Crippen molar-refractivity contribution in [2.45, 2.75) is 26.7 Å². The second-order valence-electron chi connectivity index (χ2n) is 3.28. The molecular weight excluding hydrogens is 152 g/mol. The standard InChI is InChI=1S/C9H14N2O/c1-6(2)4-5-8-7(3)10-11-9(8)12/h8H,1,4-5H2,2-3H3,(H,11,12). The predicted octanol–water partition coefficient (Wildman–Crippen LogP) is 1.46. The molecule has 1 atom stereocenters. The Bertz CT molecular complexity index is 243. The van der Waals surface area contributed by atoms with E-state index in [0.29, 0.717) is 0 Å². The molecule has 0 saturated carbocycles. The Hall–Kier alpha value is -1.12. The number of nitrogens with one attached hydrogen (secondary N) is 1. The molecule has 0 aromatic heterocycles. The highest BCUT2D eigenvalue weighted by atomic mass is 16.2. The summed E-state index contributed by atoms with van der Waals surface area (Å²) in [6.07, 6.45) is 1.72. The summed E-state index contributed by atoms with van der Waals surface area (Å²) in [6.45, 7) is 7.64. The van der Waals surface area contributed by atoms with Gasteiger partial charge in [-0.2, -0.15) is 5.10 Å². The Labute approximate surface area is 72.5 Å². The minimum atomic E-state index is -0.0262. The largest absolute Gasteiger partial charge is 0.272 e. The minimum absolute atomic E-state index is 0.0220. The summed E-state index contributed by atoms with van der Waals surface area (Å²) in [6, 6.07) is 0. The zero-order chi connectivity index (χ0) is 9.14. The number of nitrogens with zero attached hydrogens (tertiary/aromatic N) is 1. The maximum Gasteiger partial charge on any atom is 0.248 e. The van der Waals surface area contributed by atoms with Crippen molar-refractivity contribution in [3.63, 3.8) is 0 Å². The lowest BCUT2D eigenvalue weighted by atomic mass is 9.97. The van der Waals surface area contributed by atoms with Crippen molar-refractivity contribution in [2.24, 2.45) is 11.0 Å². The third kappa shape index (κ3) is 1.94. The van der Waals surface area contributed by atoms with Crippen LogP contribution in [-0.2, 0) is 4.79 Å². The van der Waals surface area contributed by atoms with Crippen molar-refractivity contribution in [3.05, 3.63) is 12.2 Å². The fourth-order valence-electron chi connectivity index (χ4n) is 1.22. The van der Waals surface area contributed by atoms with Gasteiger partial charge in [-0.25, -0.2) is 5.43 Å². The number of hydrazone groups is 1. The molecule has 3 heteroatoms. The van der Waals surface area contributed by atoms with Gasteiger partial charge in [-0.1, -0.05) is 5.57 Å². The molecule has 1 N–H and O–H groups in total. The van der Waals surface area contributed by atoms with Crippen LogP contribution in [0.2, 0.25) is 0 Å². The Morgan fingerprint density at radius 3 is 2.83 bits per heavy atom. The number of allylic oxidation sites excluding steroid dienone is 1. The second kappa shape index (κ2) is 3.52. The highest BCUT2D eigenvalue weighted by molar-refractivity contribution is 6.06. The van der Waals surface area contributed by atoms with E-state index in [-0.39, 0.29) is 11.8 Å². The lowest BCUT2D eigenvalue weighted by molar-refractivity contribution is -0.122. The van der Waals surface area contributed by atoms with Crippen molar-refractivity contribution in [1.29, 1.82) is 0 Å². The molecule has 0 aromatic rings. The zero-order valence-electron chi connectivity index (χ0n) is 7.55. The molecule has 1 aliphatic heterocycles. The van der Waals surface area contributed by atoms with Crippen LogP contribution in [0.4, 0.5) is 0 Å². The second-order valence-corrected chi connectivity index (χ2v) is 3.28. The normalized spacial score (nSPS) is 22.0. The van der Waals surface area contributed by atoms with Gasteiger partial charge >= 0.3 is 0 Å². The number of hydrogen-bond acceptors (Lipinski definition) is 2. The molecule has 12 heavy (non-hydrogen) atoms. The van der Waals surface area contributed by atoms with E-state index >= 15 is 0 Å². The summed E-state index contributed by atoms with van der Waals surface area (Å²) < 4.78 is 0. The SMILES string of the molecule is C=C(C)CCC1C(=O)NN=C1C. The fraction of sp³-hybridized carbons (Fsp3) is 0.556. The van der Waals surface area contributed by atoms with Crippen LogP contribution in [0.3, 0.4) is 0 Å². The molecule has 66 valence electrons. The van der Waals surface area contributed by atoms with Crippen LogP contribution in [0.5, 0.6) is 0 Å². The van der Waals surface area contributed by atoms with E-state index in [0.717, 1.165) is 24.1 Å². The number of rotatable bonds is 3. The van der Waals surface area contributed by atoms with Crippen molar-refractivity contribution in [1.82, 2.24) is 5.43 Å². The van der Waals surface area contributed by atoms with Crippen LogP contribution in [-0.4, -0.2) is 11.6 Å². The fourth-order valence-corrected chi connectivity index (χ4v) is 1.22. The molecule has 0 bridgehead atoms. The maximum atomic E-state index is 11.1. The van der Waals surface area contributed by atoms with Crippen LogP contribution >= 0.6 is 0 Å². The van der Waals surface area contributed by atoms with Crippen LogP contribution in [0, 0.1) is 5.92 Å². The lowest BCUT2D eigenvalue weighted by Crippen LogP contribution is -2.22. The summed E-state index contributed by atoms with van der Waals surface area (Å²) in [7, 11) is 0. The first-order valence-corrected chi connectivity index (χ1v) is 4.09. The summed E-state index contributed by atoms with van der Waals surface area (Å²) in [5.41, 5.74) is 4.47. The maximum absolute atomic E-state index is 11.1. The van der Waals surface area contributed by atoms with Gasteiger partial charge in [0, 0.05) is 5.71 Å². The zero-order valence-corrected chi connectivity index (χ0v) is 7.55. The van der Waals surface area contributed by atoms with Gasteiger partial charge in [0.15, 0.2) is 0 Å². The van der Waals surface area contributed by atoms with E-state index in [4.69, 9.17) is 0 Å². The number of hydrogen-bond donors (Lipinski definition) is 1. The molecule has 1 heterocycles. The molecule has 0 radical (unpaired) electrons. The number of amides is 1. The Morgan fingerprint density at radius 1 is 1.75 bits per heavy atom. The van der Waals surface area contributed by atoms with Gasteiger partial charge in [0.05, 0.1) is 5.92 Å². The van der Waals surface area contributed by atoms with Gasteiger partial charge in [0.1, 0.15) is 0 Å². The van der Waals surface area contributed by atoms with Gasteiger partial charge < -0.3 is 0 Å². The molecular formula is C9H14N2O. The molecule has 0 aliphatic carbocycles. The van der Waals surface area contributed by atoms with E-state index in [1.807, 2.05) is 13.8 Å². The monoisotopic (exact) mass is 166 g/mol. The minimum Gasteiger partial charge on any atom is -0.272 e. The van der Waals surface area contributed by atoms with E-state index in [9.17, 15) is 4.79 Å². The van der Waals surface area contributed by atoms with E-state index in [2.05, 4.69) is 17.1 Å². The van der Waals surface area contributed by atoms with Gasteiger partial charge in [-0.05, 0) is 26.7 Å². The summed E-state index contributed by atoms with van der Waals surface area (Å²) in [5, 5.41) is 3.86. The molecule has 1 aliphatic rings. The molecule has 1 amide bonds. The Kier molecular flexibility index (Phi) is 2.63. The van der Waals surface area contributed by atoms with Gasteiger partial charge in [-0.3, -0.25) is 4.79 Å². The topological polar surface area (TPSA) is 41.5 Å². The van der Waals surface area contributed by atoms with Crippen LogP contribution in [0.25, 0.3) is 0 Å². The lowest BCUT2D eigenvalue weighted by Gasteiger charge is -2.06. The molecule has 0 saturated heterocycles. The van der Waals surface area contributed by atoms with Crippen LogP contribution < -0.4 is 5.43 Å². The third-order valence-electron chi connectivity index (χ3n) is 2.02. The first kappa shape index (κ1) is 8.97. The average Bonchev–Trinajstić information content (AvgIpc) is 2.28. The number of carbonyl (C=O) groups excluding carboxylic acids is 1. The van der Waals surface area contributed by atoms with E-state index in [1.165, 1.54) is 0 Å². The number of carbonyl (C=O) groups is 1. The Morgan fingerprint density at radius 2 is 2.42 bits per heavy atom. The molecule has 3 nitrogen and oxygen atoms in total. The van der Waals surface area contributed by atoms with Crippen molar-refractivity contribution >= 4 is 11.6 Å². The summed E-state index contributed by atoms with van der Waals surface area (Å²) in [4.78, 5) is 11.1. The predicted molar refractivity (Wildman–Crippen MR) is 48.8 cm³/mol. The molecule has 1 rings (SSSR count).